The van der Waals surface area contributed by atoms with Crippen LogP contribution in [0, 0.1) is 6.92 Å². The highest BCUT2D eigenvalue weighted by Crippen LogP contribution is 2.23. The Kier molecular flexibility index (Phi) is 7.22. The molecular weight excluding hydrogens is 550 g/mol. The second-order valence-corrected chi connectivity index (χ2v) is 10.6. The Bertz CT molecular complexity index is 1600. The molecule has 0 radical (unpaired) electrons. The van der Waals surface area contributed by atoms with E-state index < -0.39 is 5.69 Å². The predicted molar refractivity (Wildman–Crippen MR) is 152 cm³/mol. The average Bonchev–Trinajstić information content (AvgIpc) is 3.28. The van der Waals surface area contributed by atoms with Crippen molar-refractivity contribution in [1.29, 1.82) is 0 Å². The van der Waals surface area contributed by atoms with E-state index in [1.165, 1.54) is 11.6 Å². The zero-order valence-corrected chi connectivity index (χ0v) is 23.2. The molecule has 0 atom stereocenters. The van der Waals surface area contributed by atoms with E-state index in [-0.39, 0.29) is 11.5 Å². The molecule has 4 aromatic rings. The molecule has 1 saturated heterocycles. The van der Waals surface area contributed by atoms with Crippen LogP contribution in [0.25, 0.3) is 11.2 Å². The number of hydrogen-bond donors (Lipinski definition) is 1. The van der Waals surface area contributed by atoms with Gasteiger partial charge in [0.05, 0.1) is 13.1 Å². The summed E-state index contributed by atoms with van der Waals surface area (Å²) in [5.74, 6) is 0.587. The van der Waals surface area contributed by atoms with Crippen molar-refractivity contribution in [2.75, 3.05) is 42.9 Å². The first-order chi connectivity index (χ1) is 18.2. The van der Waals surface area contributed by atoms with Crippen molar-refractivity contribution in [2.45, 2.75) is 13.5 Å². The molecule has 198 valence electrons. The number of rotatable bonds is 6. The van der Waals surface area contributed by atoms with Gasteiger partial charge in [0, 0.05) is 50.4 Å². The molecule has 0 spiro atoms. The second kappa shape index (κ2) is 10.6. The number of hydrogen-bond acceptors (Lipinski definition) is 6. The Morgan fingerprint density at radius 1 is 0.947 bits per heavy atom. The maximum absolute atomic E-state index is 13.2. The van der Waals surface area contributed by atoms with E-state index in [1.54, 1.807) is 7.05 Å². The number of benzene rings is 2. The lowest BCUT2D eigenvalue weighted by Crippen LogP contribution is -2.49. The molecule has 5 rings (SSSR count). The molecule has 1 aliphatic rings. The van der Waals surface area contributed by atoms with Gasteiger partial charge in [0.15, 0.2) is 11.2 Å². The summed E-state index contributed by atoms with van der Waals surface area (Å²) in [5.41, 5.74) is 2.96. The molecule has 1 aliphatic heterocycles. The van der Waals surface area contributed by atoms with Crippen LogP contribution in [0.1, 0.15) is 11.1 Å². The summed E-state index contributed by atoms with van der Waals surface area (Å²) in [5, 5.41) is 2.94. The summed E-state index contributed by atoms with van der Waals surface area (Å²) in [6, 6.07) is 15.7. The number of amides is 1. The second-order valence-electron chi connectivity index (χ2n) is 9.68. The fourth-order valence-electron chi connectivity index (χ4n) is 4.75. The van der Waals surface area contributed by atoms with E-state index in [9.17, 15) is 14.4 Å². The van der Waals surface area contributed by atoms with Crippen molar-refractivity contribution in [1.82, 2.24) is 23.6 Å². The highest BCUT2D eigenvalue weighted by Gasteiger charge is 2.26. The Labute approximate surface area is 228 Å². The summed E-state index contributed by atoms with van der Waals surface area (Å²) in [4.78, 5) is 47.4. The summed E-state index contributed by atoms with van der Waals surface area (Å²) < 4.78 is 5.42. The van der Waals surface area contributed by atoms with Crippen molar-refractivity contribution in [3.8, 4) is 0 Å². The van der Waals surface area contributed by atoms with Crippen molar-refractivity contribution < 1.29 is 4.79 Å². The van der Waals surface area contributed by atoms with Gasteiger partial charge in [-0.3, -0.25) is 28.2 Å². The number of aromatic nitrogens is 4. The Balaban J connectivity index is 1.38. The van der Waals surface area contributed by atoms with Crippen LogP contribution in [0.2, 0.25) is 0 Å². The van der Waals surface area contributed by atoms with Gasteiger partial charge in [-0.05, 0) is 36.8 Å². The highest BCUT2D eigenvalue weighted by molar-refractivity contribution is 9.10. The summed E-state index contributed by atoms with van der Waals surface area (Å²) in [6.45, 7) is 5.38. The van der Waals surface area contributed by atoms with Gasteiger partial charge in [0.25, 0.3) is 5.56 Å². The van der Waals surface area contributed by atoms with Gasteiger partial charge >= 0.3 is 5.69 Å². The van der Waals surface area contributed by atoms with Gasteiger partial charge < -0.3 is 10.2 Å². The number of imidazole rings is 1. The predicted octanol–water partition coefficient (Wildman–Crippen LogP) is 2.31. The monoisotopic (exact) mass is 579 g/mol. The van der Waals surface area contributed by atoms with Crippen LogP contribution in [0.3, 0.4) is 0 Å². The fourth-order valence-corrected chi connectivity index (χ4v) is 5.01. The van der Waals surface area contributed by atoms with Gasteiger partial charge in [-0.1, -0.05) is 45.8 Å². The van der Waals surface area contributed by atoms with E-state index in [2.05, 4.69) is 31.0 Å². The van der Waals surface area contributed by atoms with Crippen LogP contribution in [0.5, 0.6) is 0 Å². The number of nitrogens with one attached hydrogen (secondary N) is 1. The molecule has 1 N–H and O–H groups in total. The summed E-state index contributed by atoms with van der Waals surface area (Å²) in [6.07, 6.45) is 0. The van der Waals surface area contributed by atoms with Gasteiger partial charge in [-0.15, -0.1) is 0 Å². The third-order valence-corrected chi connectivity index (χ3v) is 7.47. The van der Waals surface area contributed by atoms with E-state index in [1.807, 2.05) is 60.0 Å². The van der Waals surface area contributed by atoms with Crippen molar-refractivity contribution in [3.63, 3.8) is 0 Å². The van der Waals surface area contributed by atoms with Crippen LogP contribution >= 0.6 is 15.9 Å². The Hall–Kier alpha value is -3.70. The van der Waals surface area contributed by atoms with E-state index in [4.69, 9.17) is 4.98 Å². The molecule has 11 heteroatoms. The molecule has 1 amide bonds. The van der Waals surface area contributed by atoms with Gasteiger partial charge in [-0.2, -0.15) is 4.98 Å². The fraction of sp³-hybridized carbons (Fsp3) is 0.333. The van der Waals surface area contributed by atoms with Crippen LogP contribution in [-0.2, 0) is 25.4 Å². The number of fused-ring (bicyclic) bond motifs is 1. The number of halogens is 1. The van der Waals surface area contributed by atoms with Gasteiger partial charge in [0.1, 0.15) is 0 Å². The zero-order valence-electron chi connectivity index (χ0n) is 21.6. The Morgan fingerprint density at radius 3 is 2.26 bits per heavy atom. The van der Waals surface area contributed by atoms with Crippen LogP contribution < -0.4 is 21.5 Å². The van der Waals surface area contributed by atoms with Gasteiger partial charge in [0.2, 0.25) is 11.9 Å². The molecular formula is C27H30BrN7O3. The van der Waals surface area contributed by atoms with Crippen LogP contribution in [-0.4, -0.2) is 62.2 Å². The molecule has 0 bridgehead atoms. The SMILES string of the molecule is Cc1ccc(Cn2c(N3CCN(CC(=O)Nc4ccc(Br)cc4)CC3)nc3c2c(=O)n(C)c(=O)n3C)cc1. The number of piperazine rings is 1. The lowest BCUT2D eigenvalue weighted by atomic mass is 10.1. The third kappa shape index (κ3) is 5.16. The minimum Gasteiger partial charge on any atom is -0.340 e. The normalized spacial score (nSPS) is 14.3. The lowest BCUT2D eigenvalue weighted by molar-refractivity contribution is -0.117. The first-order valence-corrected chi connectivity index (χ1v) is 13.2. The highest BCUT2D eigenvalue weighted by atomic mass is 79.9. The van der Waals surface area contributed by atoms with Crippen molar-refractivity contribution in [2.24, 2.45) is 14.1 Å². The average molecular weight is 580 g/mol. The minimum absolute atomic E-state index is 0.0640. The molecule has 0 unspecified atom stereocenters. The maximum atomic E-state index is 13.2. The first kappa shape index (κ1) is 25.9. The maximum Gasteiger partial charge on any atom is 0.332 e. The van der Waals surface area contributed by atoms with E-state index >= 15 is 0 Å². The van der Waals surface area contributed by atoms with Crippen molar-refractivity contribution >= 4 is 44.6 Å². The van der Waals surface area contributed by atoms with Crippen LogP contribution in [0.15, 0.2) is 62.6 Å². The molecule has 10 nitrogen and oxygen atoms in total. The molecule has 3 heterocycles. The third-order valence-electron chi connectivity index (χ3n) is 6.94. The van der Waals surface area contributed by atoms with E-state index in [0.717, 1.165) is 25.9 Å². The molecule has 38 heavy (non-hydrogen) atoms. The smallest absolute Gasteiger partial charge is 0.332 e. The molecule has 1 fully saturated rings. The number of nitrogens with zero attached hydrogens (tertiary/aromatic N) is 6. The number of anilines is 2. The summed E-state index contributed by atoms with van der Waals surface area (Å²) >= 11 is 3.40. The summed E-state index contributed by atoms with van der Waals surface area (Å²) in [7, 11) is 3.13. The van der Waals surface area contributed by atoms with Crippen LogP contribution in [0.4, 0.5) is 11.6 Å². The minimum atomic E-state index is -0.407. The largest absolute Gasteiger partial charge is 0.340 e. The number of carbonyl (C=O) groups is 1. The molecule has 0 saturated carbocycles. The van der Waals surface area contributed by atoms with Gasteiger partial charge in [-0.25, -0.2) is 4.79 Å². The first-order valence-electron chi connectivity index (χ1n) is 12.5. The molecule has 2 aromatic heterocycles. The van der Waals surface area contributed by atoms with E-state index in [0.29, 0.717) is 56.4 Å². The topological polar surface area (TPSA) is 97.4 Å². The standard InChI is InChI=1S/C27H30BrN7O3/c1-18-4-6-19(7-5-18)16-35-23-24(31(2)27(38)32(3)25(23)37)30-26(35)34-14-12-33(13-15-34)17-22(36)29-21-10-8-20(28)9-11-21/h4-11H,12-17H2,1-3H3,(H,29,36). The zero-order chi connectivity index (χ0) is 27.0. The quantitative estimate of drug-likeness (QED) is 0.376. The lowest BCUT2D eigenvalue weighted by Gasteiger charge is -2.35. The number of carbonyl (C=O) groups excluding carboxylic acids is 1. The molecule has 0 aliphatic carbocycles. The molecule has 2 aromatic carbocycles. The number of aryl methyl sites for hydroxylation is 2. The van der Waals surface area contributed by atoms with Crippen molar-refractivity contribution in [3.05, 3.63) is 85.0 Å². The Morgan fingerprint density at radius 2 is 1.61 bits per heavy atom.